The zero-order valence-corrected chi connectivity index (χ0v) is 14.8. The number of nitrogens with zero attached hydrogens (tertiary/aromatic N) is 2. The van der Waals surface area contributed by atoms with Gasteiger partial charge in [0.05, 0.1) is 6.61 Å². The third kappa shape index (κ3) is 6.61. The van der Waals surface area contributed by atoms with Crippen LogP contribution in [-0.2, 0) is 11.2 Å². The molecule has 0 spiro atoms. The molecule has 1 aromatic rings. The van der Waals surface area contributed by atoms with Gasteiger partial charge in [-0.25, -0.2) is 0 Å². The Hall–Kier alpha value is -1.55. The van der Waals surface area contributed by atoms with Crippen molar-refractivity contribution in [3.8, 4) is 0 Å². The van der Waals surface area contributed by atoms with Gasteiger partial charge >= 0.3 is 0 Å². The van der Waals surface area contributed by atoms with Gasteiger partial charge in [0.25, 0.3) is 0 Å². The number of nitrogens with one attached hydrogen (secondary N) is 1. The molecule has 1 aliphatic carbocycles. The Kier molecular flexibility index (Phi) is 7.40. The lowest BCUT2D eigenvalue weighted by molar-refractivity contribution is 0.115. The van der Waals surface area contributed by atoms with E-state index >= 15 is 0 Å². The molecule has 0 radical (unpaired) electrons. The third-order valence-electron chi connectivity index (χ3n) is 4.22. The van der Waals surface area contributed by atoms with Crippen LogP contribution in [0.5, 0.6) is 0 Å². The van der Waals surface area contributed by atoms with Crippen LogP contribution in [0.2, 0.25) is 0 Å². The van der Waals surface area contributed by atoms with E-state index in [4.69, 9.17) is 9.73 Å². The minimum absolute atomic E-state index is 0.773. The number of benzene rings is 1. The van der Waals surface area contributed by atoms with Crippen molar-refractivity contribution in [2.24, 2.45) is 10.9 Å². The SMILES string of the molecule is CCNC(=NCCc1ccccc1C)N(C)CCOCC1CC1. The van der Waals surface area contributed by atoms with E-state index in [0.717, 1.165) is 51.1 Å². The first-order valence-corrected chi connectivity index (χ1v) is 8.82. The standard InChI is InChI=1S/C19H31N3O/c1-4-20-19(22(3)13-14-23-15-17-9-10-17)21-12-11-18-8-6-5-7-16(18)2/h5-8,17H,4,9-15H2,1-3H3,(H,20,21). The number of rotatable bonds is 9. The summed E-state index contributed by atoms with van der Waals surface area (Å²) in [6.07, 6.45) is 3.67. The Morgan fingerprint density at radius 2 is 2.13 bits per heavy atom. The van der Waals surface area contributed by atoms with Gasteiger partial charge in [0, 0.05) is 33.3 Å². The topological polar surface area (TPSA) is 36.9 Å². The van der Waals surface area contributed by atoms with E-state index in [9.17, 15) is 0 Å². The molecule has 0 aliphatic heterocycles. The Morgan fingerprint density at radius 3 is 2.83 bits per heavy atom. The molecule has 1 fully saturated rings. The normalized spacial score (nSPS) is 14.8. The van der Waals surface area contributed by atoms with Crippen LogP contribution in [0, 0.1) is 12.8 Å². The summed E-state index contributed by atoms with van der Waals surface area (Å²) in [6.45, 7) is 8.53. The van der Waals surface area contributed by atoms with Crippen LogP contribution in [-0.4, -0.2) is 50.8 Å². The Labute approximate surface area is 140 Å². The summed E-state index contributed by atoms with van der Waals surface area (Å²) in [5, 5.41) is 3.37. The molecule has 1 aromatic carbocycles. The minimum Gasteiger partial charge on any atom is -0.379 e. The van der Waals surface area contributed by atoms with Gasteiger partial charge in [-0.05, 0) is 50.2 Å². The summed E-state index contributed by atoms with van der Waals surface area (Å²) in [4.78, 5) is 6.91. The molecule has 1 N–H and O–H groups in total. The molecule has 0 bridgehead atoms. The number of aliphatic imine (C=N–C) groups is 1. The minimum atomic E-state index is 0.773. The van der Waals surface area contributed by atoms with Crippen LogP contribution in [0.1, 0.15) is 30.9 Å². The molecule has 23 heavy (non-hydrogen) atoms. The van der Waals surface area contributed by atoms with E-state index in [1.54, 1.807) is 0 Å². The first-order chi connectivity index (χ1) is 11.2. The smallest absolute Gasteiger partial charge is 0.193 e. The van der Waals surface area contributed by atoms with E-state index in [2.05, 4.69) is 55.4 Å². The zero-order valence-electron chi connectivity index (χ0n) is 14.8. The van der Waals surface area contributed by atoms with Crippen molar-refractivity contribution in [2.45, 2.75) is 33.1 Å². The van der Waals surface area contributed by atoms with Crippen molar-refractivity contribution < 1.29 is 4.74 Å². The molecule has 128 valence electrons. The number of likely N-dealkylation sites (N-methyl/N-ethyl adjacent to an activating group) is 1. The second-order valence-corrected chi connectivity index (χ2v) is 6.35. The van der Waals surface area contributed by atoms with Crippen molar-refractivity contribution in [1.29, 1.82) is 0 Å². The summed E-state index contributed by atoms with van der Waals surface area (Å²) >= 11 is 0. The average Bonchev–Trinajstić information content (AvgIpc) is 3.36. The van der Waals surface area contributed by atoms with Gasteiger partial charge < -0.3 is 15.0 Å². The fourth-order valence-corrected chi connectivity index (χ4v) is 2.48. The Balaban J connectivity index is 1.76. The summed E-state index contributed by atoms with van der Waals surface area (Å²) in [6, 6.07) is 8.53. The van der Waals surface area contributed by atoms with Crippen LogP contribution >= 0.6 is 0 Å². The predicted molar refractivity (Wildman–Crippen MR) is 97.0 cm³/mol. The summed E-state index contributed by atoms with van der Waals surface area (Å²) in [7, 11) is 2.08. The van der Waals surface area contributed by atoms with Gasteiger partial charge in [-0.15, -0.1) is 0 Å². The predicted octanol–water partition coefficient (Wildman–Crippen LogP) is 2.86. The zero-order chi connectivity index (χ0) is 16.5. The molecule has 0 aromatic heterocycles. The van der Waals surface area contributed by atoms with Crippen LogP contribution in [0.25, 0.3) is 0 Å². The number of hydrogen-bond acceptors (Lipinski definition) is 2. The molecular formula is C19H31N3O. The van der Waals surface area contributed by atoms with Crippen molar-refractivity contribution >= 4 is 5.96 Å². The van der Waals surface area contributed by atoms with Crippen LogP contribution in [0.4, 0.5) is 0 Å². The lowest BCUT2D eigenvalue weighted by Gasteiger charge is -2.22. The third-order valence-corrected chi connectivity index (χ3v) is 4.22. The molecule has 0 unspecified atom stereocenters. The number of guanidine groups is 1. The van der Waals surface area contributed by atoms with Gasteiger partial charge in [-0.2, -0.15) is 0 Å². The highest BCUT2D eigenvalue weighted by atomic mass is 16.5. The molecule has 0 amide bonds. The van der Waals surface area contributed by atoms with E-state index in [-0.39, 0.29) is 0 Å². The van der Waals surface area contributed by atoms with E-state index in [0.29, 0.717) is 0 Å². The summed E-state index contributed by atoms with van der Waals surface area (Å²) < 4.78 is 5.72. The lowest BCUT2D eigenvalue weighted by Crippen LogP contribution is -2.40. The highest BCUT2D eigenvalue weighted by Crippen LogP contribution is 2.28. The fourth-order valence-electron chi connectivity index (χ4n) is 2.48. The largest absolute Gasteiger partial charge is 0.379 e. The van der Waals surface area contributed by atoms with Crippen LogP contribution in [0.3, 0.4) is 0 Å². The maximum absolute atomic E-state index is 5.72. The first-order valence-electron chi connectivity index (χ1n) is 8.82. The van der Waals surface area contributed by atoms with Gasteiger partial charge in [0.1, 0.15) is 0 Å². The number of hydrogen-bond donors (Lipinski definition) is 1. The molecular weight excluding hydrogens is 286 g/mol. The maximum Gasteiger partial charge on any atom is 0.193 e. The number of aryl methyl sites for hydroxylation is 1. The molecule has 4 nitrogen and oxygen atoms in total. The van der Waals surface area contributed by atoms with E-state index in [1.807, 2.05) is 0 Å². The van der Waals surface area contributed by atoms with Crippen molar-refractivity contribution in [2.75, 3.05) is 39.9 Å². The van der Waals surface area contributed by atoms with Crippen LogP contribution < -0.4 is 5.32 Å². The first kappa shape index (κ1) is 17.8. The average molecular weight is 317 g/mol. The van der Waals surface area contributed by atoms with E-state index < -0.39 is 0 Å². The fraction of sp³-hybridized carbons (Fsp3) is 0.632. The maximum atomic E-state index is 5.72. The van der Waals surface area contributed by atoms with Gasteiger partial charge in [-0.3, -0.25) is 4.99 Å². The highest BCUT2D eigenvalue weighted by molar-refractivity contribution is 5.79. The van der Waals surface area contributed by atoms with Crippen molar-refractivity contribution in [1.82, 2.24) is 10.2 Å². The van der Waals surface area contributed by atoms with Gasteiger partial charge in [0.2, 0.25) is 0 Å². The number of ether oxygens (including phenoxy) is 1. The highest BCUT2D eigenvalue weighted by Gasteiger charge is 2.21. The Morgan fingerprint density at radius 1 is 1.35 bits per heavy atom. The summed E-state index contributed by atoms with van der Waals surface area (Å²) in [5.41, 5.74) is 2.72. The second kappa shape index (κ2) is 9.56. The van der Waals surface area contributed by atoms with Crippen molar-refractivity contribution in [3.63, 3.8) is 0 Å². The Bertz CT molecular complexity index is 497. The van der Waals surface area contributed by atoms with Crippen molar-refractivity contribution in [3.05, 3.63) is 35.4 Å². The molecule has 1 saturated carbocycles. The molecule has 2 rings (SSSR count). The second-order valence-electron chi connectivity index (χ2n) is 6.35. The van der Waals surface area contributed by atoms with Gasteiger partial charge in [0.15, 0.2) is 5.96 Å². The molecule has 0 heterocycles. The quantitative estimate of drug-likeness (QED) is 0.432. The molecule has 1 aliphatic rings. The van der Waals surface area contributed by atoms with Gasteiger partial charge in [-0.1, -0.05) is 24.3 Å². The molecule has 0 saturated heterocycles. The molecule has 0 atom stereocenters. The molecule has 4 heteroatoms. The summed E-state index contributed by atoms with van der Waals surface area (Å²) in [5.74, 6) is 1.80. The lowest BCUT2D eigenvalue weighted by atomic mass is 10.1. The van der Waals surface area contributed by atoms with E-state index in [1.165, 1.54) is 24.0 Å². The van der Waals surface area contributed by atoms with Crippen LogP contribution in [0.15, 0.2) is 29.3 Å². The monoisotopic (exact) mass is 317 g/mol.